The number of carboxylic acid groups (broad SMARTS) is 1. The Morgan fingerprint density at radius 2 is 1.62 bits per heavy atom. The summed E-state index contributed by atoms with van der Waals surface area (Å²) in [4.78, 5) is 16.8. The van der Waals surface area contributed by atoms with Gasteiger partial charge in [0.2, 0.25) is 0 Å². The van der Waals surface area contributed by atoms with Crippen LogP contribution in [0.1, 0.15) is 57.8 Å². The lowest BCUT2D eigenvalue weighted by atomic mass is 9.84. The van der Waals surface area contributed by atoms with Gasteiger partial charge in [-0.25, -0.2) is 0 Å². The Hall–Kier alpha value is -0.610. The van der Waals surface area contributed by atoms with Crippen LogP contribution in [0.25, 0.3) is 0 Å². The topological polar surface area (TPSA) is 43.8 Å². The molecule has 4 aliphatic rings. The van der Waals surface area contributed by atoms with Crippen molar-refractivity contribution in [2.45, 2.75) is 88.0 Å². The number of piperidine rings is 1. The second-order valence-electron chi connectivity index (χ2n) is 7.82. The van der Waals surface area contributed by atoms with Crippen LogP contribution in [0.3, 0.4) is 0 Å². The van der Waals surface area contributed by atoms with Crippen molar-refractivity contribution in [3.8, 4) is 0 Å². The van der Waals surface area contributed by atoms with Crippen LogP contribution in [0.15, 0.2) is 0 Å². The van der Waals surface area contributed by atoms with Crippen molar-refractivity contribution in [3.05, 3.63) is 0 Å². The minimum Gasteiger partial charge on any atom is -0.480 e. The van der Waals surface area contributed by atoms with Crippen LogP contribution >= 0.6 is 0 Å². The van der Waals surface area contributed by atoms with Crippen molar-refractivity contribution in [2.75, 3.05) is 7.05 Å². The molecule has 0 spiro atoms. The molecule has 2 bridgehead atoms. The molecule has 3 heterocycles. The average molecular weight is 292 g/mol. The third-order valence-corrected chi connectivity index (χ3v) is 6.92. The van der Waals surface area contributed by atoms with Crippen LogP contribution in [0.2, 0.25) is 0 Å². The van der Waals surface area contributed by atoms with E-state index in [2.05, 4.69) is 16.8 Å². The third kappa shape index (κ3) is 2.22. The zero-order valence-electron chi connectivity index (χ0n) is 13.1. The second-order valence-corrected chi connectivity index (χ2v) is 7.82. The maximum atomic E-state index is 11.8. The Kier molecular flexibility index (Phi) is 3.49. The molecule has 0 aromatic heterocycles. The summed E-state index contributed by atoms with van der Waals surface area (Å²) >= 11 is 0. The van der Waals surface area contributed by atoms with Crippen LogP contribution < -0.4 is 0 Å². The molecule has 0 amide bonds. The molecule has 1 saturated carbocycles. The van der Waals surface area contributed by atoms with Gasteiger partial charge in [0.15, 0.2) is 0 Å². The van der Waals surface area contributed by atoms with Gasteiger partial charge >= 0.3 is 5.97 Å². The van der Waals surface area contributed by atoms with Gasteiger partial charge in [-0.2, -0.15) is 0 Å². The summed E-state index contributed by atoms with van der Waals surface area (Å²) in [5.74, 6) is 0.0767. The Bertz CT molecular complexity index is 413. The normalized spacial score (nSPS) is 47.5. The van der Waals surface area contributed by atoms with Crippen molar-refractivity contribution in [1.29, 1.82) is 0 Å². The maximum absolute atomic E-state index is 11.8. The number of hydrogen-bond donors (Lipinski definition) is 1. The van der Waals surface area contributed by atoms with E-state index in [1.54, 1.807) is 0 Å². The van der Waals surface area contributed by atoms with Crippen molar-refractivity contribution in [3.63, 3.8) is 0 Å². The van der Waals surface area contributed by atoms with Gasteiger partial charge in [-0.05, 0) is 57.9 Å². The summed E-state index contributed by atoms with van der Waals surface area (Å²) in [5.41, 5.74) is 0. The molecule has 4 fully saturated rings. The number of hydrogen-bond acceptors (Lipinski definition) is 3. The van der Waals surface area contributed by atoms with Crippen molar-refractivity contribution in [1.82, 2.24) is 9.80 Å². The molecule has 1 aliphatic carbocycles. The summed E-state index contributed by atoms with van der Waals surface area (Å²) in [6.45, 7) is 0. The highest BCUT2D eigenvalue weighted by atomic mass is 16.4. The van der Waals surface area contributed by atoms with E-state index < -0.39 is 5.97 Å². The molecule has 4 nitrogen and oxygen atoms in total. The SMILES string of the molecule is CN1C2CCC1CC(N1C(C(=O)O)CC3CCCCC31)C2. The summed E-state index contributed by atoms with van der Waals surface area (Å²) in [6.07, 6.45) is 11.0. The molecule has 4 heteroatoms. The fourth-order valence-corrected chi connectivity index (χ4v) is 5.87. The maximum Gasteiger partial charge on any atom is 0.320 e. The van der Waals surface area contributed by atoms with Gasteiger partial charge in [-0.1, -0.05) is 12.8 Å². The molecule has 4 rings (SSSR count). The Morgan fingerprint density at radius 3 is 2.29 bits per heavy atom. The minimum atomic E-state index is -0.573. The fraction of sp³-hybridized carbons (Fsp3) is 0.941. The zero-order valence-corrected chi connectivity index (χ0v) is 13.1. The zero-order chi connectivity index (χ0) is 14.6. The predicted molar refractivity (Wildman–Crippen MR) is 81.2 cm³/mol. The lowest BCUT2D eigenvalue weighted by molar-refractivity contribution is -0.144. The minimum absolute atomic E-state index is 0.203. The van der Waals surface area contributed by atoms with Crippen LogP contribution in [0.4, 0.5) is 0 Å². The van der Waals surface area contributed by atoms with Crippen LogP contribution in [0.5, 0.6) is 0 Å². The summed E-state index contributed by atoms with van der Waals surface area (Å²) in [6, 6.07) is 2.28. The molecule has 5 unspecified atom stereocenters. The van der Waals surface area contributed by atoms with E-state index in [9.17, 15) is 9.90 Å². The summed E-state index contributed by atoms with van der Waals surface area (Å²) < 4.78 is 0. The first-order valence-electron chi connectivity index (χ1n) is 8.87. The number of aliphatic carboxylic acids is 1. The monoisotopic (exact) mass is 292 g/mol. The molecule has 3 aliphatic heterocycles. The molecule has 0 radical (unpaired) electrons. The van der Waals surface area contributed by atoms with Crippen molar-refractivity contribution in [2.24, 2.45) is 5.92 Å². The standard InChI is InChI=1S/C17H28N2O2/c1-18-12-6-7-13(18)10-14(9-12)19-15-5-3-2-4-11(15)8-16(19)17(20)21/h11-16H,2-10H2,1H3,(H,20,21). The molecule has 0 aromatic carbocycles. The highest BCUT2D eigenvalue weighted by Crippen LogP contribution is 2.45. The lowest BCUT2D eigenvalue weighted by Crippen LogP contribution is -2.54. The van der Waals surface area contributed by atoms with E-state index in [0.29, 0.717) is 30.1 Å². The Morgan fingerprint density at radius 1 is 0.952 bits per heavy atom. The van der Waals surface area contributed by atoms with Gasteiger partial charge in [-0.3, -0.25) is 9.69 Å². The predicted octanol–water partition coefficient (Wildman–Crippen LogP) is 2.33. The van der Waals surface area contributed by atoms with E-state index in [0.717, 1.165) is 6.42 Å². The van der Waals surface area contributed by atoms with Gasteiger partial charge in [0.25, 0.3) is 0 Å². The number of fused-ring (bicyclic) bond motifs is 3. The lowest BCUT2D eigenvalue weighted by Gasteiger charge is -2.45. The van der Waals surface area contributed by atoms with E-state index in [1.165, 1.54) is 51.4 Å². The van der Waals surface area contributed by atoms with E-state index in [-0.39, 0.29) is 6.04 Å². The number of carbonyl (C=O) groups is 1. The highest BCUT2D eigenvalue weighted by Gasteiger charge is 2.51. The molecule has 3 saturated heterocycles. The largest absolute Gasteiger partial charge is 0.480 e. The molecule has 118 valence electrons. The molecule has 0 aromatic rings. The summed E-state index contributed by atoms with van der Waals surface area (Å²) in [7, 11) is 2.26. The number of nitrogens with zero attached hydrogens (tertiary/aromatic N) is 2. The van der Waals surface area contributed by atoms with Crippen molar-refractivity contribution >= 4 is 5.97 Å². The number of carboxylic acids is 1. The quantitative estimate of drug-likeness (QED) is 0.848. The fourth-order valence-electron chi connectivity index (χ4n) is 5.87. The molecule has 5 atom stereocenters. The first-order valence-corrected chi connectivity index (χ1v) is 8.87. The van der Waals surface area contributed by atoms with E-state index in [4.69, 9.17) is 0 Å². The van der Waals surface area contributed by atoms with Gasteiger partial charge in [-0.15, -0.1) is 0 Å². The van der Waals surface area contributed by atoms with Gasteiger partial charge in [0.05, 0.1) is 0 Å². The van der Waals surface area contributed by atoms with Gasteiger partial charge < -0.3 is 10.0 Å². The molecular formula is C17H28N2O2. The molecule has 21 heavy (non-hydrogen) atoms. The summed E-state index contributed by atoms with van der Waals surface area (Å²) in [5, 5.41) is 9.71. The number of likely N-dealkylation sites (tertiary alicyclic amines) is 1. The van der Waals surface area contributed by atoms with Crippen LogP contribution in [0, 0.1) is 5.92 Å². The Balaban J connectivity index is 1.57. The molecule has 1 N–H and O–H groups in total. The second kappa shape index (κ2) is 5.24. The van der Waals surface area contributed by atoms with Crippen molar-refractivity contribution < 1.29 is 9.90 Å². The highest BCUT2D eigenvalue weighted by molar-refractivity contribution is 5.74. The first-order chi connectivity index (χ1) is 10.1. The first kappa shape index (κ1) is 14.0. The van der Waals surface area contributed by atoms with Gasteiger partial charge in [0, 0.05) is 24.2 Å². The van der Waals surface area contributed by atoms with Crippen LogP contribution in [-0.4, -0.2) is 58.1 Å². The smallest absolute Gasteiger partial charge is 0.320 e. The van der Waals surface area contributed by atoms with Crippen LogP contribution in [-0.2, 0) is 4.79 Å². The van der Waals surface area contributed by atoms with E-state index in [1.807, 2.05) is 0 Å². The van der Waals surface area contributed by atoms with Gasteiger partial charge in [0.1, 0.15) is 6.04 Å². The molecular weight excluding hydrogens is 264 g/mol. The van der Waals surface area contributed by atoms with E-state index >= 15 is 0 Å². The Labute approximate surface area is 127 Å². The third-order valence-electron chi connectivity index (χ3n) is 6.92. The average Bonchev–Trinajstić information content (AvgIpc) is 2.93. The number of rotatable bonds is 2.